The largest absolute Gasteiger partial charge is 0.339 e. The van der Waals surface area contributed by atoms with E-state index < -0.39 is 35.4 Å². The maximum atomic E-state index is 11.1. The molecule has 0 atom stereocenters. The molecule has 12 nitrogen and oxygen atoms in total. The fraction of sp³-hybridized carbons (Fsp3) is 1.00. The average Bonchev–Trinajstić information content (AvgIpc) is 2.41. The minimum absolute atomic E-state index is 0.0364. The fourth-order valence-electron chi connectivity index (χ4n) is 2.29. The first-order valence-corrected chi connectivity index (χ1v) is 13.3. The molecule has 158 valence electrons. The standard InChI is InChI=1S/C11H30N3O9P3/c1-3-12(5-7-13(4-2)9-24(15,16)17)6-8-14(10-25(18,19)20)11-26(21,22)23/h3-11H2,1-2H3,(H2,15,16,17)(H2,18,19,20)(H2,21,22,23). The van der Waals surface area contributed by atoms with E-state index in [1.54, 1.807) is 11.8 Å². The highest BCUT2D eigenvalue weighted by Crippen LogP contribution is 2.40. The first-order chi connectivity index (χ1) is 11.6. The summed E-state index contributed by atoms with van der Waals surface area (Å²) in [7, 11) is -13.1. The van der Waals surface area contributed by atoms with E-state index in [-0.39, 0.29) is 12.8 Å². The van der Waals surface area contributed by atoms with Crippen LogP contribution >= 0.6 is 22.8 Å². The summed E-state index contributed by atoms with van der Waals surface area (Å²) in [5.41, 5.74) is 0. The molecule has 0 heterocycles. The SMILES string of the molecule is CCN(CCN(CC)CP(=O)(O)O)CCN(CP(=O)(O)O)CP(=O)(O)O. The third kappa shape index (κ3) is 15.4. The summed E-state index contributed by atoms with van der Waals surface area (Å²) in [6.45, 7) is 5.79. The van der Waals surface area contributed by atoms with Crippen LogP contribution in [0.3, 0.4) is 0 Å². The Morgan fingerprint density at radius 3 is 1.12 bits per heavy atom. The van der Waals surface area contributed by atoms with E-state index in [1.807, 2.05) is 11.8 Å². The van der Waals surface area contributed by atoms with Crippen LogP contribution in [0.2, 0.25) is 0 Å². The van der Waals surface area contributed by atoms with Crippen LogP contribution < -0.4 is 0 Å². The minimum atomic E-state index is -4.47. The van der Waals surface area contributed by atoms with Crippen molar-refractivity contribution in [2.45, 2.75) is 13.8 Å². The third-order valence-corrected chi connectivity index (χ3v) is 5.82. The molecule has 26 heavy (non-hydrogen) atoms. The molecule has 6 N–H and O–H groups in total. The topological polar surface area (TPSA) is 182 Å². The maximum Gasteiger partial charge on any atom is 0.339 e. The predicted molar refractivity (Wildman–Crippen MR) is 96.8 cm³/mol. The molecule has 0 amide bonds. The quantitative estimate of drug-likeness (QED) is 0.187. The van der Waals surface area contributed by atoms with E-state index in [0.717, 1.165) is 4.90 Å². The van der Waals surface area contributed by atoms with E-state index in [4.69, 9.17) is 29.4 Å². The van der Waals surface area contributed by atoms with Crippen LogP contribution in [-0.4, -0.2) is 102 Å². The molecule has 0 fully saturated rings. The smallest absolute Gasteiger partial charge is 0.324 e. The Hall–Kier alpha value is 0.330. The number of rotatable bonds is 14. The number of nitrogens with zero attached hydrogens (tertiary/aromatic N) is 3. The zero-order valence-corrected chi connectivity index (χ0v) is 17.6. The van der Waals surface area contributed by atoms with Crippen LogP contribution in [0.5, 0.6) is 0 Å². The second-order valence-electron chi connectivity index (χ2n) is 5.96. The van der Waals surface area contributed by atoms with Crippen molar-refractivity contribution in [3.8, 4) is 0 Å². The number of likely N-dealkylation sites (N-methyl/N-ethyl adjacent to an activating group) is 2. The van der Waals surface area contributed by atoms with Crippen LogP contribution in [0.25, 0.3) is 0 Å². The normalized spacial score (nSPS) is 14.0. The average molecular weight is 441 g/mol. The molecular weight excluding hydrogens is 411 g/mol. The summed E-state index contributed by atoms with van der Waals surface area (Å²) in [4.78, 5) is 58.7. The summed E-state index contributed by atoms with van der Waals surface area (Å²) >= 11 is 0. The van der Waals surface area contributed by atoms with Gasteiger partial charge < -0.3 is 34.3 Å². The molecule has 0 aliphatic rings. The van der Waals surface area contributed by atoms with Gasteiger partial charge in [0.25, 0.3) is 0 Å². The molecule has 0 aromatic heterocycles. The Morgan fingerprint density at radius 2 is 0.808 bits per heavy atom. The summed E-state index contributed by atoms with van der Waals surface area (Å²) in [5, 5.41) is 0. The van der Waals surface area contributed by atoms with Gasteiger partial charge in [0, 0.05) is 26.2 Å². The monoisotopic (exact) mass is 441 g/mol. The molecule has 0 aromatic rings. The van der Waals surface area contributed by atoms with Gasteiger partial charge >= 0.3 is 22.8 Å². The first kappa shape index (κ1) is 26.3. The Balaban J connectivity index is 4.68. The Bertz CT molecular complexity index is 522. The lowest BCUT2D eigenvalue weighted by molar-refractivity contribution is 0.195. The Labute approximate surface area is 153 Å². The lowest BCUT2D eigenvalue weighted by atomic mass is 10.4. The zero-order chi connectivity index (χ0) is 20.6. The van der Waals surface area contributed by atoms with Gasteiger partial charge in [0.2, 0.25) is 0 Å². The Kier molecular flexibility index (Phi) is 11.5. The van der Waals surface area contributed by atoms with Crippen LogP contribution in [0.4, 0.5) is 0 Å². The van der Waals surface area contributed by atoms with Gasteiger partial charge in [0.15, 0.2) is 0 Å². The lowest BCUT2D eigenvalue weighted by Crippen LogP contribution is -2.40. The van der Waals surface area contributed by atoms with Crippen molar-refractivity contribution in [3.63, 3.8) is 0 Å². The molecule has 0 saturated carbocycles. The van der Waals surface area contributed by atoms with Crippen LogP contribution in [0.1, 0.15) is 13.8 Å². The minimum Gasteiger partial charge on any atom is -0.324 e. The second kappa shape index (κ2) is 11.4. The number of hydrogen-bond acceptors (Lipinski definition) is 6. The molecule has 0 bridgehead atoms. The highest BCUT2D eigenvalue weighted by atomic mass is 31.2. The second-order valence-corrected chi connectivity index (χ2v) is 10.8. The van der Waals surface area contributed by atoms with Gasteiger partial charge in [-0.05, 0) is 13.1 Å². The van der Waals surface area contributed by atoms with Crippen molar-refractivity contribution in [1.29, 1.82) is 0 Å². The van der Waals surface area contributed by atoms with E-state index in [9.17, 15) is 13.7 Å². The highest BCUT2D eigenvalue weighted by molar-refractivity contribution is 7.52. The molecule has 15 heteroatoms. The lowest BCUT2D eigenvalue weighted by Gasteiger charge is -2.29. The van der Waals surface area contributed by atoms with Gasteiger partial charge in [-0.25, -0.2) is 0 Å². The number of hydrogen-bond donors (Lipinski definition) is 6. The fourth-order valence-corrected chi connectivity index (χ4v) is 4.84. The molecule has 0 rings (SSSR count). The molecule has 0 saturated heterocycles. The Morgan fingerprint density at radius 1 is 0.538 bits per heavy atom. The van der Waals surface area contributed by atoms with Gasteiger partial charge in [0.1, 0.15) is 18.9 Å². The van der Waals surface area contributed by atoms with Crippen LogP contribution in [0, 0.1) is 0 Å². The third-order valence-electron chi connectivity index (χ3n) is 3.51. The zero-order valence-electron chi connectivity index (χ0n) is 15.0. The molecule has 0 radical (unpaired) electrons. The van der Waals surface area contributed by atoms with Crippen molar-refractivity contribution in [2.75, 3.05) is 58.1 Å². The molecule has 0 aliphatic heterocycles. The summed E-state index contributed by atoms with van der Waals surface area (Å²) in [6, 6.07) is 0. The van der Waals surface area contributed by atoms with Crippen molar-refractivity contribution in [1.82, 2.24) is 14.7 Å². The molecular formula is C11H30N3O9P3. The summed E-state index contributed by atoms with van der Waals surface area (Å²) in [5.74, 6) is 0. The van der Waals surface area contributed by atoms with Gasteiger partial charge in [0.05, 0.1) is 0 Å². The van der Waals surface area contributed by atoms with Crippen LogP contribution in [0.15, 0.2) is 0 Å². The molecule has 0 aliphatic carbocycles. The van der Waals surface area contributed by atoms with Crippen molar-refractivity contribution in [2.24, 2.45) is 0 Å². The maximum absolute atomic E-state index is 11.1. The van der Waals surface area contributed by atoms with E-state index in [1.165, 1.54) is 0 Å². The molecule has 0 unspecified atom stereocenters. The van der Waals surface area contributed by atoms with Gasteiger partial charge in [-0.15, -0.1) is 0 Å². The van der Waals surface area contributed by atoms with Crippen molar-refractivity contribution >= 4 is 22.8 Å². The van der Waals surface area contributed by atoms with Gasteiger partial charge in [-0.3, -0.25) is 23.5 Å². The van der Waals surface area contributed by atoms with E-state index in [0.29, 0.717) is 32.7 Å². The molecule has 0 aromatic carbocycles. The van der Waals surface area contributed by atoms with Gasteiger partial charge in [-0.1, -0.05) is 13.8 Å². The van der Waals surface area contributed by atoms with Crippen LogP contribution in [-0.2, 0) is 13.7 Å². The summed E-state index contributed by atoms with van der Waals surface area (Å²) in [6.07, 6.45) is -1.87. The van der Waals surface area contributed by atoms with Gasteiger partial charge in [-0.2, -0.15) is 0 Å². The van der Waals surface area contributed by atoms with E-state index >= 15 is 0 Å². The van der Waals surface area contributed by atoms with Crippen molar-refractivity contribution in [3.05, 3.63) is 0 Å². The predicted octanol–water partition coefficient (Wildman–Crippen LogP) is -0.662. The van der Waals surface area contributed by atoms with E-state index in [2.05, 4.69) is 0 Å². The summed E-state index contributed by atoms with van der Waals surface area (Å²) < 4.78 is 33.3. The molecule has 0 spiro atoms. The van der Waals surface area contributed by atoms with Crippen molar-refractivity contribution < 1.29 is 43.1 Å². The highest BCUT2D eigenvalue weighted by Gasteiger charge is 2.26. The first-order valence-electron chi connectivity index (χ1n) is 7.96.